The van der Waals surface area contributed by atoms with Crippen molar-refractivity contribution in [2.24, 2.45) is 0 Å². The molecule has 0 amide bonds. The van der Waals surface area contributed by atoms with Gasteiger partial charge in [0.25, 0.3) is 5.69 Å². The van der Waals surface area contributed by atoms with Gasteiger partial charge in [-0.05, 0) is 18.2 Å². The number of hydrogen-bond donors (Lipinski definition) is 1. The highest BCUT2D eigenvalue weighted by molar-refractivity contribution is 7.61. The topological polar surface area (TPSA) is 107 Å². The van der Waals surface area contributed by atoms with Gasteiger partial charge in [0.05, 0.1) is 15.8 Å². The second-order valence-electron chi connectivity index (χ2n) is 4.04. The fraction of sp³-hybridized carbons (Fsp3) is 0. The molecule has 0 aliphatic heterocycles. The minimum atomic E-state index is -4.49. The Balaban J connectivity index is 2.26. The normalized spacial score (nSPS) is 13.2. The molecule has 0 spiro atoms. The van der Waals surface area contributed by atoms with E-state index in [-0.39, 0.29) is 16.6 Å². The van der Waals surface area contributed by atoms with Crippen molar-refractivity contribution < 1.29 is 23.7 Å². The second kappa shape index (κ2) is 5.87. The Bertz CT molecular complexity index is 730. The number of nitro benzene ring substituents is 1. The second-order valence-corrected chi connectivity index (χ2v) is 5.78. The fourth-order valence-electron chi connectivity index (χ4n) is 1.57. The van der Waals surface area contributed by atoms with E-state index >= 15 is 0 Å². The van der Waals surface area contributed by atoms with Crippen molar-refractivity contribution in [2.45, 2.75) is 0 Å². The molecule has 21 heavy (non-hydrogen) atoms. The molecule has 0 aromatic heterocycles. The van der Waals surface area contributed by atoms with E-state index in [1.807, 2.05) is 0 Å². The fourth-order valence-corrected chi connectivity index (χ4v) is 2.58. The Morgan fingerprint density at radius 3 is 2.43 bits per heavy atom. The van der Waals surface area contributed by atoms with Crippen LogP contribution in [-0.4, -0.2) is 15.8 Å². The van der Waals surface area contributed by atoms with Crippen molar-refractivity contribution in [1.29, 1.82) is 0 Å². The molecule has 0 bridgehead atoms. The number of benzene rings is 2. The first-order valence-corrected chi connectivity index (χ1v) is 7.35. The summed E-state index contributed by atoms with van der Waals surface area (Å²) >= 11 is 0. The molecule has 0 heterocycles. The van der Waals surface area contributed by atoms with Gasteiger partial charge in [0.2, 0.25) is 0 Å². The van der Waals surface area contributed by atoms with Gasteiger partial charge in [-0.2, -0.15) is 0 Å². The Morgan fingerprint density at radius 2 is 1.81 bits per heavy atom. The van der Waals surface area contributed by atoms with Gasteiger partial charge < -0.3 is 9.42 Å². The van der Waals surface area contributed by atoms with E-state index in [0.717, 1.165) is 6.07 Å². The smallest absolute Gasteiger partial charge is 0.385 e. The van der Waals surface area contributed by atoms with Gasteiger partial charge in [-0.15, -0.1) is 0 Å². The Kier molecular flexibility index (Phi) is 4.16. The van der Waals surface area contributed by atoms with Crippen molar-refractivity contribution in [1.82, 2.24) is 0 Å². The van der Waals surface area contributed by atoms with E-state index in [9.17, 15) is 24.4 Å². The molecule has 0 saturated carbocycles. The number of nitro groups is 1. The monoisotopic (exact) mass is 307 g/mol. The zero-order valence-electron chi connectivity index (χ0n) is 10.6. The van der Waals surface area contributed by atoms with E-state index < -0.39 is 18.5 Å². The number of carbonyl (C=O) groups is 1. The van der Waals surface area contributed by atoms with Gasteiger partial charge in [-0.1, -0.05) is 24.3 Å². The van der Waals surface area contributed by atoms with E-state index in [1.54, 1.807) is 18.2 Å². The van der Waals surface area contributed by atoms with Crippen LogP contribution in [0.4, 0.5) is 5.69 Å². The predicted molar refractivity (Wildman–Crippen MR) is 74.4 cm³/mol. The third kappa shape index (κ3) is 3.53. The van der Waals surface area contributed by atoms with Gasteiger partial charge in [0.15, 0.2) is 0 Å². The van der Waals surface area contributed by atoms with Crippen molar-refractivity contribution in [3.8, 4) is 0 Å². The molecule has 0 fully saturated rings. The highest BCUT2D eigenvalue weighted by atomic mass is 31.2. The lowest BCUT2D eigenvalue weighted by Crippen LogP contribution is -2.12. The van der Waals surface area contributed by atoms with Crippen LogP contribution in [0, 0.1) is 10.1 Å². The molecule has 0 aliphatic rings. The van der Waals surface area contributed by atoms with Crippen LogP contribution in [0.3, 0.4) is 0 Å². The van der Waals surface area contributed by atoms with Crippen LogP contribution < -0.4 is 5.30 Å². The van der Waals surface area contributed by atoms with Crippen LogP contribution in [0.15, 0.2) is 54.6 Å². The van der Waals surface area contributed by atoms with Crippen LogP contribution in [-0.2, 0) is 9.09 Å². The minimum Gasteiger partial charge on any atom is -0.385 e. The van der Waals surface area contributed by atoms with E-state index in [4.69, 9.17) is 0 Å². The minimum absolute atomic E-state index is 0.109. The molecule has 1 unspecified atom stereocenters. The average molecular weight is 307 g/mol. The number of rotatable bonds is 4. The van der Waals surface area contributed by atoms with Crippen LogP contribution in [0.5, 0.6) is 0 Å². The lowest BCUT2D eigenvalue weighted by atomic mass is 10.2. The maximum absolute atomic E-state index is 12.1. The van der Waals surface area contributed by atoms with Gasteiger partial charge in [0, 0.05) is 12.1 Å². The van der Waals surface area contributed by atoms with Crippen molar-refractivity contribution in [2.75, 3.05) is 0 Å². The first-order valence-electron chi connectivity index (χ1n) is 5.77. The SMILES string of the molecule is O=C(OP(=O)(O)c1cccc([N+](=O)[O-])c1)c1ccccc1. The standard InChI is InChI=1S/C13H10NO6P/c15-13(10-5-2-1-3-6-10)20-21(18,19)12-8-4-7-11(9-12)14(16)17/h1-9H,(H,18,19). The third-order valence-electron chi connectivity index (χ3n) is 2.58. The molecule has 8 heteroatoms. The van der Waals surface area contributed by atoms with Crippen molar-refractivity contribution in [3.63, 3.8) is 0 Å². The quantitative estimate of drug-likeness (QED) is 0.527. The summed E-state index contributed by atoms with van der Waals surface area (Å²) in [5.41, 5.74) is -0.255. The van der Waals surface area contributed by atoms with Crippen LogP contribution >= 0.6 is 7.60 Å². The largest absolute Gasteiger partial charge is 0.410 e. The molecule has 7 nitrogen and oxygen atoms in total. The first kappa shape index (κ1) is 14.9. The number of nitrogens with zero attached hydrogens (tertiary/aromatic N) is 1. The summed E-state index contributed by atoms with van der Waals surface area (Å²) in [6, 6.07) is 12.2. The summed E-state index contributed by atoms with van der Waals surface area (Å²) in [6.07, 6.45) is 0. The molecule has 108 valence electrons. The highest BCUT2D eigenvalue weighted by Crippen LogP contribution is 2.42. The number of hydrogen-bond acceptors (Lipinski definition) is 5. The van der Waals surface area contributed by atoms with E-state index in [1.165, 1.54) is 30.3 Å². The summed E-state index contributed by atoms with van der Waals surface area (Å²) in [6.45, 7) is 0. The summed E-state index contributed by atoms with van der Waals surface area (Å²) in [5, 5.41) is 10.3. The molecule has 0 radical (unpaired) electrons. The average Bonchev–Trinajstić information content (AvgIpc) is 2.48. The first-order chi connectivity index (χ1) is 9.90. The molecule has 1 N–H and O–H groups in total. The van der Waals surface area contributed by atoms with Crippen LogP contribution in [0.1, 0.15) is 10.4 Å². The summed E-state index contributed by atoms with van der Waals surface area (Å²) in [5.74, 6) is -0.979. The summed E-state index contributed by atoms with van der Waals surface area (Å²) in [4.78, 5) is 31.5. The van der Waals surface area contributed by atoms with Gasteiger partial charge in [-0.3, -0.25) is 10.1 Å². The Morgan fingerprint density at radius 1 is 1.14 bits per heavy atom. The number of carbonyl (C=O) groups excluding carboxylic acids is 1. The highest BCUT2D eigenvalue weighted by Gasteiger charge is 2.29. The van der Waals surface area contributed by atoms with E-state index in [2.05, 4.69) is 4.52 Å². The summed E-state index contributed by atoms with van der Waals surface area (Å²) in [7, 11) is -4.49. The molecule has 0 aliphatic carbocycles. The van der Waals surface area contributed by atoms with Gasteiger partial charge in [-0.25, -0.2) is 9.36 Å². The molecular weight excluding hydrogens is 297 g/mol. The Labute approximate surface area is 119 Å². The lowest BCUT2D eigenvalue weighted by molar-refractivity contribution is -0.384. The van der Waals surface area contributed by atoms with Gasteiger partial charge in [0.1, 0.15) is 0 Å². The molecule has 2 aromatic carbocycles. The lowest BCUT2D eigenvalue weighted by Gasteiger charge is -2.11. The number of non-ortho nitro benzene ring substituents is 1. The molecule has 1 atom stereocenters. The third-order valence-corrected chi connectivity index (χ3v) is 3.93. The predicted octanol–water partition coefficient (Wildman–Crippen LogP) is 2.26. The van der Waals surface area contributed by atoms with Gasteiger partial charge >= 0.3 is 13.6 Å². The molecule has 0 saturated heterocycles. The zero-order chi connectivity index (χ0) is 15.5. The van der Waals surface area contributed by atoms with Crippen molar-refractivity contribution in [3.05, 3.63) is 70.3 Å². The maximum atomic E-state index is 12.1. The Hall–Kier alpha value is -2.50. The van der Waals surface area contributed by atoms with Crippen molar-refractivity contribution >= 4 is 24.6 Å². The maximum Gasteiger partial charge on any atom is 0.410 e. The van der Waals surface area contributed by atoms with Crippen LogP contribution in [0.25, 0.3) is 0 Å². The summed E-state index contributed by atoms with van der Waals surface area (Å²) < 4.78 is 16.7. The van der Waals surface area contributed by atoms with E-state index in [0.29, 0.717) is 0 Å². The molecular formula is C13H10NO6P. The molecule has 2 rings (SSSR count). The zero-order valence-corrected chi connectivity index (χ0v) is 11.5. The molecule has 2 aromatic rings. The van der Waals surface area contributed by atoms with Crippen LogP contribution in [0.2, 0.25) is 0 Å².